The molecule has 2 atom stereocenters. The highest BCUT2D eigenvalue weighted by Crippen LogP contribution is 2.42. The molecule has 36 heteroatoms. The summed E-state index contributed by atoms with van der Waals surface area (Å²) in [6.07, 6.45) is 22.8. The number of anilines is 4. The van der Waals surface area contributed by atoms with Gasteiger partial charge in [-0.15, -0.1) is 0 Å². The second-order valence-electron chi connectivity index (χ2n) is 34.9. The molecule has 4 aliphatic rings. The van der Waals surface area contributed by atoms with E-state index in [-0.39, 0.29) is 83.5 Å². The third-order valence-electron chi connectivity index (χ3n) is 25.9. The lowest BCUT2D eigenvalue weighted by molar-refractivity contribution is -0.140. The Kier molecular flexibility index (Phi) is 28.3. The first-order valence-electron chi connectivity index (χ1n) is 45.6. The zero-order chi connectivity index (χ0) is 96.1. The van der Waals surface area contributed by atoms with Crippen LogP contribution in [0.25, 0.3) is 107 Å². The summed E-state index contributed by atoms with van der Waals surface area (Å²) < 4.78 is 7.90. The second kappa shape index (κ2) is 41.0. The molecule has 4 aliphatic heterocycles. The van der Waals surface area contributed by atoms with Crippen LogP contribution in [0, 0.1) is 0 Å². The van der Waals surface area contributed by atoms with Crippen LogP contribution in [0.15, 0.2) is 208 Å². The van der Waals surface area contributed by atoms with Crippen LogP contribution in [0.1, 0.15) is 188 Å². The van der Waals surface area contributed by atoms with Crippen LogP contribution < -0.4 is 28.7 Å². The number of carbonyl (C=O) groups excluding carboxylic acids is 7. The summed E-state index contributed by atoms with van der Waals surface area (Å²) in [4.78, 5) is 135. The van der Waals surface area contributed by atoms with Gasteiger partial charge in [0.2, 0.25) is 0 Å². The fraction of sp³-hybridized carbons (Fsp3) is 0.294. The molecule has 0 bridgehead atoms. The monoisotopic (exact) mass is 1860 g/mol. The van der Waals surface area contributed by atoms with Crippen LogP contribution in [-0.4, -0.2) is 230 Å². The molecule has 16 aromatic rings. The number of Topliss-reactive ketones (excluding diaryl/α,β-unsaturated/α-hetero) is 4. The molecule has 0 radical (unpaired) electrons. The Bertz CT molecular complexity index is 7160. The van der Waals surface area contributed by atoms with Gasteiger partial charge in [0.1, 0.15) is 47.6 Å². The molecule has 138 heavy (non-hydrogen) atoms. The van der Waals surface area contributed by atoms with E-state index in [9.17, 15) is 43.8 Å². The first kappa shape index (κ1) is 95.1. The predicted molar refractivity (Wildman–Crippen MR) is 526 cm³/mol. The number of nitrogens with zero attached hydrogens (tertiary/aromatic N) is 22. The summed E-state index contributed by atoms with van der Waals surface area (Å²) >= 11 is 0. The number of amides is 4. The maximum atomic E-state index is 12.6. The van der Waals surface area contributed by atoms with Gasteiger partial charge in [0, 0.05) is 161 Å². The van der Waals surface area contributed by atoms with Gasteiger partial charge in [0.15, 0.2) is 45.7 Å². The Morgan fingerprint density at radius 3 is 0.870 bits per heavy atom. The van der Waals surface area contributed by atoms with Gasteiger partial charge >= 0.3 is 6.03 Å². The van der Waals surface area contributed by atoms with E-state index < -0.39 is 18.2 Å². The first-order chi connectivity index (χ1) is 66.2. The van der Waals surface area contributed by atoms with Gasteiger partial charge in [-0.25, -0.2) is 34.7 Å². The van der Waals surface area contributed by atoms with Gasteiger partial charge < -0.3 is 58.5 Å². The van der Waals surface area contributed by atoms with Gasteiger partial charge in [-0.1, -0.05) is 117 Å². The number of ketones is 4. The Morgan fingerprint density at radius 2 is 0.630 bits per heavy atom. The van der Waals surface area contributed by atoms with Crippen LogP contribution in [0.4, 0.5) is 28.1 Å². The molecule has 20 rings (SSSR count). The van der Waals surface area contributed by atoms with Crippen molar-refractivity contribution in [2.24, 2.45) is 5.73 Å². The third kappa shape index (κ3) is 19.5. The fourth-order valence-corrected chi connectivity index (χ4v) is 18.6. The molecule has 4 amide bonds. The molecular formula is C102H109N27O9. The minimum absolute atomic E-state index is 0. The number of hydrogen-bond acceptors (Lipinski definition) is 27. The molecule has 36 nitrogen and oxygen atoms in total. The number of urea groups is 1. The van der Waals surface area contributed by atoms with Crippen molar-refractivity contribution in [1.29, 1.82) is 0 Å². The number of pyridine rings is 4. The topological polar surface area (TPSA) is 493 Å². The zero-order valence-corrected chi connectivity index (χ0v) is 76.9. The van der Waals surface area contributed by atoms with E-state index in [0.29, 0.717) is 146 Å². The normalized spacial score (nSPS) is 15.0. The van der Waals surface area contributed by atoms with Crippen molar-refractivity contribution in [3.63, 3.8) is 0 Å². The van der Waals surface area contributed by atoms with Crippen molar-refractivity contribution in [1.82, 2.24) is 107 Å². The number of hydrogen-bond donors (Lipinski definition) is 7. The molecule has 0 unspecified atom stereocenters. The van der Waals surface area contributed by atoms with E-state index >= 15 is 0 Å². The van der Waals surface area contributed by atoms with Crippen LogP contribution >= 0.6 is 0 Å². The van der Waals surface area contributed by atoms with Crippen LogP contribution in [-0.2, 0) is 9.59 Å². The second-order valence-corrected chi connectivity index (χ2v) is 34.9. The number of carbonyl (C=O) groups is 7. The van der Waals surface area contributed by atoms with Crippen molar-refractivity contribution in [3.05, 3.63) is 253 Å². The number of rotatable bonds is 18. The molecule has 0 spiro atoms. The average molecular weight is 1860 g/mol. The number of aliphatic hydroxyl groups excluding tert-OH is 2. The van der Waals surface area contributed by atoms with E-state index in [0.717, 1.165) is 116 Å². The fourth-order valence-electron chi connectivity index (χ4n) is 18.6. The Hall–Kier alpha value is -16.1. The van der Waals surface area contributed by atoms with Crippen LogP contribution in [0.3, 0.4) is 0 Å². The molecule has 4 saturated heterocycles. The lowest BCUT2D eigenvalue weighted by Crippen LogP contribution is -2.42. The van der Waals surface area contributed by atoms with Crippen LogP contribution in [0.2, 0.25) is 0 Å². The Balaban J connectivity index is 0.000000133. The average Bonchev–Trinajstić information content (AvgIpc) is 1.57. The number of benzene rings is 3. The minimum Gasteiger partial charge on any atom is -0.384 e. The number of primary amides is 1. The maximum Gasteiger partial charge on any atom is 0.314 e. The highest BCUT2D eigenvalue weighted by molar-refractivity contribution is 6.03. The Morgan fingerprint density at radius 1 is 0.355 bits per heavy atom. The molecule has 4 fully saturated rings. The summed E-state index contributed by atoms with van der Waals surface area (Å²) in [5.41, 5.74) is 50.2. The number of aliphatic hydroxyl groups is 2. The SMILES string of the molecule is C.CC(=O)c1c(C2CCN(C(=O)[C@@H](C)O)CC2)nc2c(-c3ccc(-c4ccccc4)nc3)cnn2c1N.CC(=O)c1c(C2CCN(C(=O)[C@@H](C)O)CC2)nc2c(-c3ccc(-n4ccnc4)nc3)cnn2c1N.CC(=O)c1c(C2CCN(C(N)=O)CC2)nc2c(-c3ccc(-c4ccccc4)nc3)cnn2c1N.CC(=O)c1c(C2CCN(C)CC2)nc2c(-c3ccc(-c4ccccc4)nc3)cnn2c1N. The molecule has 12 N–H and O–H groups in total. The van der Waals surface area contributed by atoms with Gasteiger partial charge in [-0.2, -0.15) is 38.5 Å². The Labute approximate surface area is 795 Å². The van der Waals surface area contributed by atoms with E-state index in [2.05, 4.69) is 57.3 Å². The standard InChI is InChI=1S/C27H28N6O3.C25H25N7O2.C25H26N6O.C24H26N8O3.CH4/c1-16(34)23-24(19-10-12-32(13-11-19)27(36)17(2)35)31-26-21(15-30-33(26)25(23)28)20-8-9-22(29-14-20)18-6-4-3-5-7-18;1-15(33)21-22(17-9-11-31(12-10-17)25(27)34)30-24-19(14-29-32(24)23(21)26)18-7-8-20(28-13-18)16-5-3-2-4-6-16;1-16(32)22-23(18-10-12-30(2)13-11-18)29-25-20(15-28-31(25)24(22)26)19-8-9-21(27-14-19)17-6-4-3-5-7-17;1-14(33)20-21(16-5-8-30(9-6-16)24(35)15(2)34)29-23-18(12-28-32(23)22(20)25)17-3-4-19(27-11-17)31-10-7-26-13-31;/h3-9,14-15,17,19,35H,10-13,28H2,1-2H3;2-8,13-14,17H,9-12,26H2,1H3,(H2,27,34);3-9,14-15,18H,10-13,26H2,1-2H3;3-4,7,10-13,15-16,34H,5-6,8-9,25H2,1-2H3;1H4/t17-;;;15-;/m1..1./s1. The highest BCUT2D eigenvalue weighted by atomic mass is 16.3. The minimum atomic E-state index is -1.03. The van der Waals surface area contributed by atoms with Crippen molar-refractivity contribution in [2.45, 2.75) is 136 Å². The number of nitrogen functional groups attached to an aromatic ring is 4. The van der Waals surface area contributed by atoms with Crippen molar-refractivity contribution < 1.29 is 43.8 Å². The maximum absolute atomic E-state index is 12.6. The van der Waals surface area contributed by atoms with Crippen molar-refractivity contribution in [3.8, 4) is 84.1 Å². The van der Waals surface area contributed by atoms with E-state index in [1.54, 1.807) is 82.0 Å². The number of aromatic nitrogens is 18. The van der Waals surface area contributed by atoms with E-state index in [1.165, 1.54) is 48.2 Å². The summed E-state index contributed by atoms with van der Waals surface area (Å²) in [6, 6.07) is 45.2. The number of imidazole rings is 1. The molecule has 0 saturated carbocycles. The molecule has 706 valence electrons. The molecular weight excluding hydrogens is 1750 g/mol. The molecule has 0 aliphatic carbocycles. The highest BCUT2D eigenvalue weighted by Gasteiger charge is 2.37. The summed E-state index contributed by atoms with van der Waals surface area (Å²) in [6.45, 7) is 13.8. The lowest BCUT2D eigenvalue weighted by Gasteiger charge is -2.33. The summed E-state index contributed by atoms with van der Waals surface area (Å²) in [5.74, 6) is 0.788. The zero-order valence-electron chi connectivity index (χ0n) is 76.9. The number of fused-ring (bicyclic) bond motifs is 4. The van der Waals surface area contributed by atoms with Crippen molar-refractivity contribution in [2.75, 3.05) is 82.3 Å². The van der Waals surface area contributed by atoms with Crippen LogP contribution in [0.5, 0.6) is 0 Å². The quantitative estimate of drug-likeness (QED) is 0.0392. The van der Waals surface area contributed by atoms with Crippen molar-refractivity contribution >= 4 is 86.8 Å². The third-order valence-corrected chi connectivity index (χ3v) is 25.9. The molecule has 3 aromatic carbocycles. The van der Waals surface area contributed by atoms with Gasteiger partial charge in [0.05, 0.1) is 86.9 Å². The van der Waals surface area contributed by atoms with E-state index in [4.69, 9.17) is 48.6 Å². The summed E-state index contributed by atoms with van der Waals surface area (Å²) in [5, 5.41) is 37.0. The largest absolute Gasteiger partial charge is 0.384 e. The molecule has 13 aromatic heterocycles. The van der Waals surface area contributed by atoms with Gasteiger partial charge in [-0.05, 0) is 143 Å². The van der Waals surface area contributed by atoms with Gasteiger partial charge in [0.25, 0.3) is 11.8 Å². The summed E-state index contributed by atoms with van der Waals surface area (Å²) in [7, 11) is 2.12. The predicted octanol–water partition coefficient (Wildman–Crippen LogP) is 13.4. The van der Waals surface area contributed by atoms with Gasteiger partial charge in [-0.3, -0.25) is 48.3 Å². The number of likely N-dealkylation sites (tertiary alicyclic amines) is 4. The van der Waals surface area contributed by atoms with E-state index in [1.807, 2.05) is 156 Å². The number of piperidine rings is 4. The molecule has 17 heterocycles. The first-order valence-corrected chi connectivity index (χ1v) is 45.6. The smallest absolute Gasteiger partial charge is 0.314 e. The number of nitrogens with two attached hydrogens (primary N) is 5. The lowest BCUT2D eigenvalue weighted by atomic mass is 9.89.